The quantitative estimate of drug-likeness (QED) is 0.520. The number of nitrogens with zero attached hydrogens (tertiary/aromatic N) is 4. The number of carbonyl (C=O) groups is 1. The summed E-state index contributed by atoms with van der Waals surface area (Å²) in [5.41, 5.74) is 0.506. The minimum atomic E-state index is -3.77. The lowest BCUT2D eigenvalue weighted by Crippen LogP contribution is -2.28. The van der Waals surface area contributed by atoms with E-state index in [1.165, 1.54) is 48.5 Å². The van der Waals surface area contributed by atoms with Gasteiger partial charge in [-0.05, 0) is 36.8 Å². The Balaban J connectivity index is 1.66. The number of sulfonamides is 1. The van der Waals surface area contributed by atoms with Gasteiger partial charge in [0.1, 0.15) is 10.6 Å². The van der Waals surface area contributed by atoms with Crippen LogP contribution in [-0.2, 0) is 16.6 Å². The van der Waals surface area contributed by atoms with Crippen LogP contribution in [0.3, 0.4) is 0 Å². The Morgan fingerprint density at radius 1 is 1.23 bits per heavy atom. The molecule has 160 valence electrons. The highest BCUT2D eigenvalue weighted by Gasteiger charge is 2.23. The van der Waals surface area contributed by atoms with Crippen LogP contribution in [0.2, 0.25) is 0 Å². The highest BCUT2D eigenvalue weighted by molar-refractivity contribution is 7.89. The standard InChI is InChI=1S/C19H23N5O5S/c1-22(2)30(27,28)16-13-14(8-9-15(16)29-3)18(25)20-10-6-12-24-19(26)23-11-5-4-7-17(23)21-24/h4-5,7-9,11,13H,6,10,12H2,1-3H3,(H,20,25). The van der Waals surface area contributed by atoms with Crippen LogP contribution in [0.25, 0.3) is 5.65 Å². The second-order valence-corrected chi connectivity index (χ2v) is 8.82. The van der Waals surface area contributed by atoms with Gasteiger partial charge in [-0.25, -0.2) is 22.2 Å². The second-order valence-electron chi connectivity index (χ2n) is 6.70. The first-order valence-electron chi connectivity index (χ1n) is 9.18. The molecular weight excluding hydrogens is 410 g/mol. The Bertz CT molecular complexity index is 1230. The molecule has 0 unspecified atom stereocenters. The van der Waals surface area contributed by atoms with Gasteiger partial charge in [0.15, 0.2) is 5.65 Å². The summed E-state index contributed by atoms with van der Waals surface area (Å²) >= 11 is 0. The largest absolute Gasteiger partial charge is 0.495 e. The number of benzene rings is 1. The van der Waals surface area contributed by atoms with Crippen molar-refractivity contribution in [2.24, 2.45) is 0 Å². The third-order valence-corrected chi connectivity index (χ3v) is 6.34. The minimum Gasteiger partial charge on any atom is -0.495 e. The van der Waals surface area contributed by atoms with Crippen LogP contribution in [-0.4, -0.2) is 60.6 Å². The molecule has 0 saturated heterocycles. The van der Waals surface area contributed by atoms with Crippen molar-refractivity contribution in [3.05, 3.63) is 58.6 Å². The lowest BCUT2D eigenvalue weighted by molar-refractivity contribution is 0.0952. The topological polar surface area (TPSA) is 115 Å². The van der Waals surface area contributed by atoms with Crippen LogP contribution in [0.15, 0.2) is 52.3 Å². The minimum absolute atomic E-state index is 0.0843. The number of hydrogen-bond donors (Lipinski definition) is 1. The molecule has 3 aromatic rings. The van der Waals surface area contributed by atoms with Gasteiger partial charge < -0.3 is 10.1 Å². The Morgan fingerprint density at radius 3 is 2.67 bits per heavy atom. The molecule has 0 fully saturated rings. The Hall–Kier alpha value is -3.18. The van der Waals surface area contributed by atoms with Gasteiger partial charge in [-0.2, -0.15) is 0 Å². The molecular formula is C19H23N5O5S. The number of fused-ring (bicyclic) bond motifs is 1. The molecule has 0 atom stereocenters. The smallest absolute Gasteiger partial charge is 0.350 e. The van der Waals surface area contributed by atoms with Gasteiger partial charge in [-0.1, -0.05) is 6.07 Å². The van der Waals surface area contributed by atoms with Crippen molar-refractivity contribution in [3.63, 3.8) is 0 Å². The molecule has 0 radical (unpaired) electrons. The van der Waals surface area contributed by atoms with Gasteiger partial charge in [0.05, 0.1) is 7.11 Å². The van der Waals surface area contributed by atoms with Crippen molar-refractivity contribution in [3.8, 4) is 5.75 Å². The number of pyridine rings is 1. The summed E-state index contributed by atoms with van der Waals surface area (Å²) in [5, 5.41) is 6.96. The number of rotatable bonds is 8. The summed E-state index contributed by atoms with van der Waals surface area (Å²) in [7, 11) is 0.402. The average Bonchev–Trinajstić information content (AvgIpc) is 3.06. The van der Waals surface area contributed by atoms with Crippen LogP contribution in [0.5, 0.6) is 5.75 Å². The number of aryl methyl sites for hydroxylation is 1. The number of aromatic nitrogens is 3. The summed E-state index contributed by atoms with van der Waals surface area (Å²) in [5.74, 6) is -0.262. The van der Waals surface area contributed by atoms with E-state index in [0.29, 0.717) is 25.2 Å². The van der Waals surface area contributed by atoms with E-state index in [4.69, 9.17) is 4.74 Å². The Kier molecular flexibility index (Phi) is 6.22. The zero-order valence-electron chi connectivity index (χ0n) is 16.9. The lowest BCUT2D eigenvalue weighted by Gasteiger charge is -2.15. The first-order valence-corrected chi connectivity index (χ1v) is 10.6. The van der Waals surface area contributed by atoms with Crippen LogP contribution in [0.4, 0.5) is 0 Å². The Morgan fingerprint density at radius 2 is 2.00 bits per heavy atom. The van der Waals surface area contributed by atoms with Crippen molar-refractivity contribution in [1.29, 1.82) is 0 Å². The van der Waals surface area contributed by atoms with Crippen LogP contribution in [0.1, 0.15) is 16.8 Å². The average molecular weight is 433 g/mol. The summed E-state index contributed by atoms with van der Waals surface area (Å²) < 4.78 is 33.9. The fraction of sp³-hybridized carbons (Fsp3) is 0.316. The van der Waals surface area contributed by atoms with Gasteiger partial charge >= 0.3 is 5.69 Å². The number of methoxy groups -OCH3 is 1. The maximum Gasteiger partial charge on any atom is 0.350 e. The summed E-state index contributed by atoms with van der Waals surface area (Å²) in [6.45, 7) is 0.630. The zero-order chi connectivity index (χ0) is 21.9. The molecule has 0 aliphatic rings. The molecule has 10 nitrogen and oxygen atoms in total. The number of hydrogen-bond acceptors (Lipinski definition) is 6. The highest BCUT2D eigenvalue weighted by Crippen LogP contribution is 2.26. The van der Waals surface area contributed by atoms with Crippen molar-refractivity contribution < 1.29 is 17.9 Å². The fourth-order valence-electron chi connectivity index (χ4n) is 2.86. The molecule has 30 heavy (non-hydrogen) atoms. The third kappa shape index (κ3) is 4.21. The lowest BCUT2D eigenvalue weighted by atomic mass is 10.2. The number of amides is 1. The van der Waals surface area contributed by atoms with Gasteiger partial charge in [0.2, 0.25) is 10.0 Å². The molecule has 2 heterocycles. The van der Waals surface area contributed by atoms with Crippen LogP contribution < -0.4 is 15.7 Å². The summed E-state index contributed by atoms with van der Waals surface area (Å²) in [6.07, 6.45) is 2.13. The van der Waals surface area contributed by atoms with E-state index in [1.54, 1.807) is 24.4 Å². The molecule has 2 aromatic heterocycles. The number of nitrogens with one attached hydrogen (secondary N) is 1. The molecule has 1 aromatic carbocycles. The maximum absolute atomic E-state index is 12.5. The van der Waals surface area contributed by atoms with E-state index in [9.17, 15) is 18.0 Å². The molecule has 3 rings (SSSR count). The normalized spacial score (nSPS) is 11.7. The monoisotopic (exact) mass is 433 g/mol. The predicted octanol–water partition coefficient (Wildman–Crippen LogP) is 0.575. The molecule has 11 heteroatoms. The van der Waals surface area contributed by atoms with Crippen LogP contribution >= 0.6 is 0 Å². The van der Waals surface area contributed by atoms with Gasteiger partial charge in [-0.3, -0.25) is 9.20 Å². The van der Waals surface area contributed by atoms with Gasteiger partial charge in [0.25, 0.3) is 5.91 Å². The first-order chi connectivity index (χ1) is 14.3. The first kappa shape index (κ1) is 21.5. The zero-order valence-corrected chi connectivity index (χ0v) is 17.7. The molecule has 0 aliphatic heterocycles. The van der Waals surface area contributed by atoms with E-state index < -0.39 is 15.9 Å². The highest BCUT2D eigenvalue weighted by atomic mass is 32.2. The summed E-state index contributed by atoms with van der Waals surface area (Å²) in [4.78, 5) is 24.6. The molecule has 1 amide bonds. The number of carbonyl (C=O) groups excluding carboxylic acids is 1. The molecule has 1 N–H and O–H groups in total. The van der Waals surface area contributed by atoms with Crippen molar-refractivity contribution in [1.82, 2.24) is 23.8 Å². The molecule has 0 bridgehead atoms. The van der Waals surface area contributed by atoms with Gasteiger partial charge in [-0.15, -0.1) is 5.10 Å². The molecule has 0 saturated carbocycles. The van der Waals surface area contributed by atoms with Crippen molar-refractivity contribution in [2.45, 2.75) is 17.9 Å². The molecule has 0 spiro atoms. The van der Waals surface area contributed by atoms with E-state index in [-0.39, 0.29) is 21.9 Å². The van der Waals surface area contributed by atoms with E-state index >= 15 is 0 Å². The summed E-state index contributed by atoms with van der Waals surface area (Å²) in [6, 6.07) is 9.52. The third-order valence-electron chi connectivity index (χ3n) is 4.51. The predicted molar refractivity (Wildman–Crippen MR) is 110 cm³/mol. The van der Waals surface area contributed by atoms with Gasteiger partial charge in [0, 0.05) is 38.9 Å². The SMILES string of the molecule is COc1ccc(C(=O)NCCCn2nc3ccccn3c2=O)cc1S(=O)(=O)N(C)C. The number of ether oxygens (including phenoxy) is 1. The van der Waals surface area contributed by atoms with E-state index in [1.807, 2.05) is 0 Å². The van der Waals surface area contributed by atoms with Crippen molar-refractivity contribution >= 4 is 21.6 Å². The molecule has 0 aliphatic carbocycles. The Labute approximate surface area is 173 Å². The maximum atomic E-state index is 12.5. The van der Waals surface area contributed by atoms with Crippen molar-refractivity contribution in [2.75, 3.05) is 27.7 Å². The van der Waals surface area contributed by atoms with E-state index in [2.05, 4.69) is 10.4 Å². The van der Waals surface area contributed by atoms with Crippen LogP contribution in [0, 0.1) is 0 Å². The second kappa shape index (κ2) is 8.67. The fourth-order valence-corrected chi connectivity index (χ4v) is 3.94. The van der Waals surface area contributed by atoms with E-state index in [0.717, 1.165) is 4.31 Å².